The van der Waals surface area contributed by atoms with Gasteiger partial charge >= 0.3 is 0 Å². The molecule has 2 aromatic rings. The molecule has 1 fully saturated rings. The van der Waals surface area contributed by atoms with Crippen molar-refractivity contribution in [2.75, 3.05) is 18.4 Å². The van der Waals surface area contributed by atoms with E-state index < -0.39 is 10.0 Å². The van der Waals surface area contributed by atoms with Crippen LogP contribution in [0.4, 0.5) is 5.69 Å². The number of thioether (sulfide) groups is 1. The molecule has 2 heterocycles. The van der Waals surface area contributed by atoms with Gasteiger partial charge in [-0.05, 0) is 56.2 Å². The number of nitrogens with zero attached hydrogens (tertiary/aromatic N) is 1. The van der Waals surface area contributed by atoms with Gasteiger partial charge in [-0.25, -0.2) is 8.42 Å². The van der Waals surface area contributed by atoms with Crippen LogP contribution in [-0.4, -0.2) is 37.0 Å². The molecule has 8 heteroatoms. The standard InChI is InChI=1S/C19H24N2O4S2/c1-15(26-14-17-6-5-13-25-17)19(22)20-16-7-9-18(10-8-16)27(23,24)21-11-3-2-4-12-21/h5-10,13,15H,2-4,11-12,14H2,1H3,(H,20,22). The molecule has 1 aromatic heterocycles. The maximum atomic E-state index is 12.7. The summed E-state index contributed by atoms with van der Waals surface area (Å²) in [6.07, 6.45) is 4.50. The van der Waals surface area contributed by atoms with Crippen molar-refractivity contribution in [3.8, 4) is 0 Å². The fourth-order valence-electron chi connectivity index (χ4n) is 2.89. The first-order valence-corrected chi connectivity index (χ1v) is 11.5. The molecule has 1 atom stereocenters. The van der Waals surface area contributed by atoms with Crippen molar-refractivity contribution in [1.29, 1.82) is 0 Å². The molecule has 1 saturated heterocycles. The first kappa shape index (κ1) is 20.0. The molecule has 0 aliphatic carbocycles. The SMILES string of the molecule is CC(SCc1ccco1)C(=O)Nc1ccc(S(=O)(=O)N2CCCCC2)cc1. The van der Waals surface area contributed by atoms with Crippen LogP contribution in [0.15, 0.2) is 52.0 Å². The Morgan fingerprint density at radius 1 is 1.19 bits per heavy atom. The third kappa shape index (κ3) is 5.15. The number of amides is 1. The minimum Gasteiger partial charge on any atom is -0.468 e. The Balaban J connectivity index is 1.57. The number of anilines is 1. The summed E-state index contributed by atoms with van der Waals surface area (Å²) in [5.41, 5.74) is 0.586. The van der Waals surface area contributed by atoms with E-state index in [0.717, 1.165) is 25.0 Å². The lowest BCUT2D eigenvalue weighted by Crippen LogP contribution is -2.35. The molecule has 1 amide bonds. The van der Waals surface area contributed by atoms with Gasteiger partial charge in [-0.3, -0.25) is 4.79 Å². The van der Waals surface area contributed by atoms with Crippen LogP contribution in [0.25, 0.3) is 0 Å². The van der Waals surface area contributed by atoms with Crippen molar-refractivity contribution in [1.82, 2.24) is 4.31 Å². The van der Waals surface area contributed by atoms with E-state index in [1.807, 2.05) is 19.1 Å². The molecule has 0 bridgehead atoms. The van der Waals surface area contributed by atoms with Gasteiger partial charge in [0.25, 0.3) is 0 Å². The van der Waals surface area contributed by atoms with Crippen molar-refractivity contribution >= 4 is 33.4 Å². The predicted octanol–water partition coefficient (Wildman–Crippen LogP) is 3.71. The summed E-state index contributed by atoms with van der Waals surface area (Å²) in [5, 5.41) is 2.57. The molecule has 6 nitrogen and oxygen atoms in total. The zero-order chi connectivity index (χ0) is 19.3. The number of sulfonamides is 1. The Labute approximate surface area is 164 Å². The lowest BCUT2D eigenvalue weighted by molar-refractivity contribution is -0.115. The topological polar surface area (TPSA) is 79.6 Å². The first-order chi connectivity index (χ1) is 13.0. The lowest BCUT2D eigenvalue weighted by Gasteiger charge is -2.25. The van der Waals surface area contributed by atoms with E-state index in [1.165, 1.54) is 16.1 Å². The molecule has 0 saturated carbocycles. The number of hydrogen-bond acceptors (Lipinski definition) is 5. The van der Waals surface area contributed by atoms with E-state index in [2.05, 4.69) is 5.32 Å². The van der Waals surface area contributed by atoms with Gasteiger partial charge in [-0.2, -0.15) is 4.31 Å². The molecule has 146 valence electrons. The van der Waals surface area contributed by atoms with Crippen molar-refractivity contribution in [3.05, 3.63) is 48.4 Å². The Hall–Kier alpha value is -1.77. The highest BCUT2D eigenvalue weighted by Gasteiger charge is 2.25. The summed E-state index contributed by atoms with van der Waals surface area (Å²) in [6, 6.07) is 10.1. The van der Waals surface area contributed by atoms with Crippen molar-refractivity contribution < 1.29 is 17.6 Å². The fourth-order valence-corrected chi connectivity index (χ4v) is 5.19. The largest absolute Gasteiger partial charge is 0.468 e. The van der Waals surface area contributed by atoms with Crippen LogP contribution in [0.5, 0.6) is 0 Å². The number of furan rings is 1. The maximum Gasteiger partial charge on any atom is 0.243 e. The number of benzene rings is 1. The highest BCUT2D eigenvalue weighted by molar-refractivity contribution is 7.99. The molecule has 1 aromatic carbocycles. The van der Waals surface area contributed by atoms with Gasteiger partial charge in [0, 0.05) is 18.8 Å². The van der Waals surface area contributed by atoms with Crippen LogP contribution in [-0.2, 0) is 20.6 Å². The molecule has 0 spiro atoms. The van der Waals surface area contributed by atoms with Crippen molar-refractivity contribution in [2.45, 2.75) is 42.1 Å². The average molecular weight is 409 g/mol. The van der Waals surface area contributed by atoms with Gasteiger partial charge in [0.15, 0.2) is 0 Å². The second kappa shape index (κ2) is 8.95. The maximum absolute atomic E-state index is 12.7. The quantitative estimate of drug-likeness (QED) is 0.755. The van der Waals surface area contributed by atoms with Crippen LogP contribution in [0.3, 0.4) is 0 Å². The molecule has 3 rings (SSSR count). The van der Waals surface area contributed by atoms with Crippen LogP contribution in [0.2, 0.25) is 0 Å². The van der Waals surface area contributed by atoms with Gasteiger partial charge in [0.2, 0.25) is 15.9 Å². The second-order valence-electron chi connectivity index (χ2n) is 6.51. The van der Waals surface area contributed by atoms with Gasteiger partial charge in [-0.1, -0.05) is 6.42 Å². The Morgan fingerprint density at radius 2 is 1.89 bits per heavy atom. The highest BCUT2D eigenvalue weighted by atomic mass is 32.2. The third-order valence-corrected chi connectivity index (χ3v) is 7.58. The van der Waals surface area contributed by atoms with Crippen molar-refractivity contribution in [3.63, 3.8) is 0 Å². The minimum atomic E-state index is -3.45. The lowest BCUT2D eigenvalue weighted by atomic mass is 10.2. The summed E-state index contributed by atoms with van der Waals surface area (Å²) in [5.74, 6) is 1.32. The van der Waals surface area contributed by atoms with E-state index in [9.17, 15) is 13.2 Å². The number of rotatable bonds is 7. The molecule has 1 N–H and O–H groups in total. The van der Waals surface area contributed by atoms with Crippen molar-refractivity contribution in [2.24, 2.45) is 0 Å². The first-order valence-electron chi connectivity index (χ1n) is 9.02. The molecule has 0 radical (unpaired) electrons. The number of carbonyl (C=O) groups excluding carboxylic acids is 1. The van der Waals surface area contributed by atoms with Gasteiger partial charge in [0.1, 0.15) is 5.76 Å². The second-order valence-corrected chi connectivity index (χ2v) is 9.78. The highest BCUT2D eigenvalue weighted by Crippen LogP contribution is 2.23. The fraction of sp³-hybridized carbons (Fsp3) is 0.421. The van der Waals surface area contributed by atoms with E-state index in [-0.39, 0.29) is 16.1 Å². The number of hydrogen-bond donors (Lipinski definition) is 1. The molecular weight excluding hydrogens is 384 g/mol. The molecular formula is C19H24N2O4S2. The van der Waals surface area contributed by atoms with E-state index in [4.69, 9.17) is 4.42 Å². The van der Waals surface area contributed by atoms with Gasteiger partial charge in [-0.15, -0.1) is 11.8 Å². The van der Waals surface area contributed by atoms with E-state index in [1.54, 1.807) is 30.5 Å². The van der Waals surface area contributed by atoms with E-state index >= 15 is 0 Å². The third-order valence-electron chi connectivity index (χ3n) is 4.50. The summed E-state index contributed by atoms with van der Waals surface area (Å²) in [6.45, 7) is 2.98. The monoisotopic (exact) mass is 408 g/mol. The zero-order valence-corrected chi connectivity index (χ0v) is 16.9. The summed E-state index contributed by atoms with van der Waals surface area (Å²) in [7, 11) is -3.45. The van der Waals surface area contributed by atoms with Crippen LogP contribution < -0.4 is 5.32 Å². The Bertz CT molecular complexity index is 842. The van der Waals surface area contributed by atoms with Crippen LogP contribution in [0.1, 0.15) is 31.9 Å². The van der Waals surface area contributed by atoms with Crippen LogP contribution in [0, 0.1) is 0 Å². The molecule has 27 heavy (non-hydrogen) atoms. The summed E-state index contributed by atoms with van der Waals surface area (Å²) in [4.78, 5) is 12.6. The van der Waals surface area contributed by atoms with E-state index in [0.29, 0.717) is 24.5 Å². The summed E-state index contributed by atoms with van der Waals surface area (Å²) < 4.78 is 32.1. The zero-order valence-electron chi connectivity index (χ0n) is 15.3. The normalized spacial score (nSPS) is 16.8. The smallest absolute Gasteiger partial charge is 0.243 e. The number of nitrogens with one attached hydrogen (secondary N) is 1. The minimum absolute atomic E-state index is 0.127. The molecule has 1 aliphatic heterocycles. The predicted molar refractivity (Wildman–Crippen MR) is 107 cm³/mol. The molecule has 1 unspecified atom stereocenters. The number of carbonyl (C=O) groups is 1. The Kier molecular flexibility index (Phi) is 6.62. The molecule has 1 aliphatic rings. The van der Waals surface area contributed by atoms with Gasteiger partial charge < -0.3 is 9.73 Å². The van der Waals surface area contributed by atoms with Crippen LogP contribution >= 0.6 is 11.8 Å². The Morgan fingerprint density at radius 3 is 2.52 bits per heavy atom. The average Bonchev–Trinajstić information content (AvgIpc) is 3.21. The van der Waals surface area contributed by atoms with Gasteiger partial charge in [0.05, 0.1) is 22.2 Å². The summed E-state index contributed by atoms with van der Waals surface area (Å²) >= 11 is 1.48. The number of piperidine rings is 1.